The number of amides is 1. The monoisotopic (exact) mass is 352 g/mol. The molecule has 1 amide bonds. The Bertz CT molecular complexity index is 769. The number of nitrogens with zero attached hydrogens (tertiary/aromatic N) is 6. The first-order chi connectivity index (χ1) is 11.1. The van der Waals surface area contributed by atoms with E-state index < -0.39 is 0 Å². The number of fused-ring (bicyclic) bond motifs is 2. The molecule has 0 spiro atoms. The van der Waals surface area contributed by atoms with Gasteiger partial charge >= 0.3 is 0 Å². The Labute approximate surface area is 143 Å². The van der Waals surface area contributed by atoms with Gasteiger partial charge in [-0.1, -0.05) is 30.1 Å². The van der Waals surface area contributed by atoms with Crippen LogP contribution in [0.5, 0.6) is 0 Å². The van der Waals surface area contributed by atoms with Crippen molar-refractivity contribution in [1.29, 1.82) is 0 Å². The highest BCUT2D eigenvalue weighted by molar-refractivity contribution is 6.30. The molecule has 120 valence electrons. The summed E-state index contributed by atoms with van der Waals surface area (Å²) in [5, 5.41) is 16.4. The molecule has 0 unspecified atom stereocenters. The van der Waals surface area contributed by atoms with E-state index in [1.165, 1.54) is 6.07 Å². The maximum Gasteiger partial charge on any atom is 0.262 e. The van der Waals surface area contributed by atoms with Gasteiger partial charge in [-0.2, -0.15) is 0 Å². The summed E-state index contributed by atoms with van der Waals surface area (Å²) in [5.41, 5.74) is 0.988. The van der Waals surface area contributed by atoms with Gasteiger partial charge in [-0.3, -0.25) is 4.79 Å². The average molecular weight is 353 g/mol. The highest BCUT2D eigenvalue weighted by atomic mass is 35.5. The van der Waals surface area contributed by atoms with E-state index in [1.54, 1.807) is 15.9 Å². The fourth-order valence-electron chi connectivity index (χ4n) is 2.56. The summed E-state index contributed by atoms with van der Waals surface area (Å²) in [5.74, 6) is 0.729. The molecule has 0 saturated heterocycles. The summed E-state index contributed by atoms with van der Waals surface area (Å²) >= 11 is 11.9. The molecule has 0 saturated carbocycles. The van der Waals surface area contributed by atoms with E-state index in [0.717, 1.165) is 6.42 Å². The first kappa shape index (κ1) is 15.9. The van der Waals surface area contributed by atoms with Crippen molar-refractivity contribution in [3.05, 3.63) is 28.0 Å². The normalized spacial score (nSPS) is 13.7. The number of rotatable bonds is 3. The summed E-state index contributed by atoms with van der Waals surface area (Å²) in [7, 11) is 0. The van der Waals surface area contributed by atoms with Crippen molar-refractivity contribution in [3.8, 4) is 0 Å². The summed E-state index contributed by atoms with van der Waals surface area (Å²) < 4.78 is 0. The van der Waals surface area contributed by atoms with Crippen LogP contribution < -0.4 is 9.80 Å². The van der Waals surface area contributed by atoms with Crippen LogP contribution in [-0.2, 0) is 0 Å². The molecule has 1 aliphatic rings. The second-order valence-electron chi connectivity index (χ2n) is 4.98. The molecular weight excluding hydrogens is 339 g/mol. The van der Waals surface area contributed by atoms with Gasteiger partial charge in [0, 0.05) is 19.2 Å². The predicted octanol–water partition coefficient (Wildman–Crippen LogP) is 3.10. The van der Waals surface area contributed by atoms with Gasteiger partial charge in [-0.15, -0.1) is 20.4 Å². The number of aromatic nitrogens is 4. The Morgan fingerprint density at radius 1 is 0.957 bits per heavy atom. The van der Waals surface area contributed by atoms with E-state index >= 15 is 0 Å². The van der Waals surface area contributed by atoms with Crippen LogP contribution in [0.3, 0.4) is 0 Å². The van der Waals surface area contributed by atoms with Gasteiger partial charge in [0.15, 0.2) is 21.9 Å². The molecule has 3 rings (SSSR count). The van der Waals surface area contributed by atoms with Crippen molar-refractivity contribution >= 4 is 46.4 Å². The molecule has 3 heterocycles. The second kappa shape index (κ2) is 6.25. The van der Waals surface area contributed by atoms with Crippen molar-refractivity contribution in [2.75, 3.05) is 22.9 Å². The van der Waals surface area contributed by atoms with E-state index in [2.05, 4.69) is 20.4 Å². The second-order valence-corrected chi connectivity index (χ2v) is 5.76. The smallest absolute Gasteiger partial charge is 0.262 e. The topological polar surface area (TPSA) is 75.1 Å². The van der Waals surface area contributed by atoms with Crippen molar-refractivity contribution in [3.63, 3.8) is 0 Å². The average Bonchev–Trinajstić information content (AvgIpc) is 2.63. The standard InChI is InChI=1S/C14H14Cl2N6O/c1-3-5-22-9-7-11(16)18-20-13(9)21(4-2)12-8(14(22)23)6-10(15)17-19-12/h6-7H,3-5H2,1-2H3. The molecular formula is C14H14Cl2N6O. The fourth-order valence-corrected chi connectivity index (χ4v) is 2.85. The molecule has 23 heavy (non-hydrogen) atoms. The molecule has 0 bridgehead atoms. The molecule has 2 aromatic rings. The fraction of sp³-hybridized carbons (Fsp3) is 0.357. The van der Waals surface area contributed by atoms with Gasteiger partial charge in [0.2, 0.25) is 0 Å². The van der Waals surface area contributed by atoms with Crippen LogP contribution in [0.1, 0.15) is 30.6 Å². The molecule has 1 aliphatic heterocycles. The van der Waals surface area contributed by atoms with Crippen LogP contribution in [0.2, 0.25) is 10.3 Å². The van der Waals surface area contributed by atoms with Crippen LogP contribution in [0.4, 0.5) is 17.3 Å². The SMILES string of the molecule is CCCN1C(=O)c2cc(Cl)nnc2N(CC)c2nnc(Cl)cc21. The van der Waals surface area contributed by atoms with Crippen LogP contribution in [0, 0.1) is 0 Å². The lowest BCUT2D eigenvalue weighted by Gasteiger charge is -2.23. The van der Waals surface area contributed by atoms with Gasteiger partial charge < -0.3 is 9.80 Å². The lowest BCUT2D eigenvalue weighted by atomic mass is 10.2. The largest absolute Gasteiger partial charge is 0.306 e. The maximum absolute atomic E-state index is 13.0. The highest BCUT2D eigenvalue weighted by Gasteiger charge is 2.33. The Balaban J connectivity index is 2.30. The Hall–Kier alpha value is -1.99. The lowest BCUT2D eigenvalue weighted by Crippen LogP contribution is -2.31. The molecule has 0 aromatic carbocycles. The minimum Gasteiger partial charge on any atom is -0.306 e. The number of hydrogen-bond acceptors (Lipinski definition) is 6. The highest BCUT2D eigenvalue weighted by Crippen LogP contribution is 2.38. The molecule has 9 heteroatoms. The van der Waals surface area contributed by atoms with E-state index in [4.69, 9.17) is 23.2 Å². The molecule has 0 N–H and O–H groups in total. The molecule has 2 aromatic heterocycles. The Morgan fingerprint density at radius 2 is 1.61 bits per heavy atom. The van der Waals surface area contributed by atoms with Crippen molar-refractivity contribution in [2.24, 2.45) is 0 Å². The Morgan fingerprint density at radius 3 is 2.26 bits per heavy atom. The van der Waals surface area contributed by atoms with Gasteiger partial charge in [0.05, 0.1) is 11.3 Å². The molecule has 0 atom stereocenters. The third kappa shape index (κ3) is 2.70. The van der Waals surface area contributed by atoms with E-state index in [-0.39, 0.29) is 16.2 Å². The van der Waals surface area contributed by atoms with Crippen molar-refractivity contribution < 1.29 is 4.79 Å². The quantitative estimate of drug-likeness (QED) is 0.844. The summed E-state index contributed by atoms with van der Waals surface area (Å²) in [4.78, 5) is 16.4. The third-order valence-corrected chi connectivity index (χ3v) is 3.88. The first-order valence-electron chi connectivity index (χ1n) is 7.22. The van der Waals surface area contributed by atoms with Crippen LogP contribution in [0.25, 0.3) is 0 Å². The van der Waals surface area contributed by atoms with E-state index in [9.17, 15) is 4.79 Å². The predicted molar refractivity (Wildman–Crippen MR) is 88.7 cm³/mol. The number of carbonyl (C=O) groups excluding carboxylic acids is 1. The molecule has 0 radical (unpaired) electrons. The summed E-state index contributed by atoms with van der Waals surface area (Å²) in [6.45, 7) is 4.98. The number of hydrogen-bond donors (Lipinski definition) is 0. The number of carbonyl (C=O) groups is 1. The summed E-state index contributed by atoms with van der Waals surface area (Å²) in [6.07, 6.45) is 0.777. The maximum atomic E-state index is 13.0. The van der Waals surface area contributed by atoms with E-state index in [0.29, 0.717) is 36.0 Å². The Kier molecular flexibility index (Phi) is 4.32. The van der Waals surface area contributed by atoms with Crippen LogP contribution >= 0.6 is 23.2 Å². The minimum absolute atomic E-state index is 0.166. The number of anilines is 3. The minimum atomic E-state index is -0.208. The zero-order valence-electron chi connectivity index (χ0n) is 12.6. The van der Waals surface area contributed by atoms with Crippen molar-refractivity contribution in [1.82, 2.24) is 20.4 Å². The van der Waals surface area contributed by atoms with Crippen LogP contribution in [0.15, 0.2) is 12.1 Å². The zero-order chi connectivity index (χ0) is 16.6. The van der Waals surface area contributed by atoms with Gasteiger partial charge in [0.1, 0.15) is 0 Å². The van der Waals surface area contributed by atoms with Crippen LogP contribution in [-0.4, -0.2) is 39.4 Å². The molecule has 0 fully saturated rings. The van der Waals surface area contributed by atoms with Gasteiger partial charge in [-0.05, 0) is 19.4 Å². The zero-order valence-corrected chi connectivity index (χ0v) is 14.1. The van der Waals surface area contributed by atoms with Crippen molar-refractivity contribution in [2.45, 2.75) is 20.3 Å². The third-order valence-electron chi connectivity index (χ3n) is 3.51. The summed E-state index contributed by atoms with van der Waals surface area (Å²) in [6, 6.07) is 3.17. The lowest BCUT2D eigenvalue weighted by molar-refractivity contribution is 0.0988. The molecule has 0 aliphatic carbocycles. The van der Waals surface area contributed by atoms with Gasteiger partial charge in [0.25, 0.3) is 5.91 Å². The number of halogens is 2. The van der Waals surface area contributed by atoms with Gasteiger partial charge in [-0.25, -0.2) is 0 Å². The van der Waals surface area contributed by atoms with E-state index in [1.807, 2.05) is 13.8 Å². The molecule has 7 nitrogen and oxygen atoms in total. The first-order valence-corrected chi connectivity index (χ1v) is 7.98.